The van der Waals surface area contributed by atoms with Crippen LogP contribution < -0.4 is 10.6 Å². The lowest BCUT2D eigenvalue weighted by atomic mass is 9.79. The van der Waals surface area contributed by atoms with Crippen molar-refractivity contribution in [2.24, 2.45) is 5.92 Å². The van der Waals surface area contributed by atoms with Crippen LogP contribution in [0, 0.1) is 16.0 Å². The number of ether oxygens (including phenoxy) is 2. The number of methoxy groups -OCH3 is 1. The average Bonchev–Trinajstić information content (AvgIpc) is 3.38. The minimum Gasteiger partial charge on any atom is -0.466 e. The van der Waals surface area contributed by atoms with Crippen LogP contribution in [0.4, 0.5) is 5.69 Å². The number of benzene rings is 1. The Labute approximate surface area is 213 Å². The number of nitrogens with zero attached hydrogens (tertiary/aromatic N) is 1. The number of hydrogen-bond acceptors (Lipinski definition) is 9. The number of dihydropyridines is 1. The molecule has 0 radical (unpaired) electrons. The summed E-state index contributed by atoms with van der Waals surface area (Å²) in [6.45, 7) is 6.70. The third-order valence-electron chi connectivity index (χ3n) is 5.97. The predicted octanol–water partition coefficient (Wildman–Crippen LogP) is 3.48. The van der Waals surface area contributed by atoms with Gasteiger partial charge in [-0.3, -0.25) is 14.9 Å². The molecule has 196 valence electrons. The first-order valence-electron chi connectivity index (χ1n) is 11.6. The number of allylic oxidation sites excluding steroid dienone is 2. The van der Waals surface area contributed by atoms with E-state index < -0.39 is 34.7 Å². The Morgan fingerprint density at radius 1 is 1.14 bits per heavy atom. The van der Waals surface area contributed by atoms with E-state index in [0.717, 1.165) is 0 Å². The smallest absolute Gasteiger partial charge is 0.336 e. The van der Waals surface area contributed by atoms with E-state index in [1.807, 2.05) is 0 Å². The van der Waals surface area contributed by atoms with Gasteiger partial charge < -0.3 is 24.5 Å². The second-order valence-electron chi connectivity index (χ2n) is 8.86. The molecule has 2 aromatic rings. The quantitative estimate of drug-likeness (QED) is 0.293. The molecule has 11 nitrogen and oxygen atoms in total. The van der Waals surface area contributed by atoms with Crippen LogP contribution in [0.3, 0.4) is 0 Å². The molecule has 0 unspecified atom stereocenters. The van der Waals surface area contributed by atoms with Gasteiger partial charge in [-0.05, 0) is 37.5 Å². The minimum atomic E-state index is -1.01. The monoisotopic (exact) mass is 511 g/mol. The van der Waals surface area contributed by atoms with Gasteiger partial charge in [0.2, 0.25) is 0 Å². The lowest BCUT2D eigenvalue weighted by Crippen LogP contribution is -2.47. The molecular formula is C26H29N3O8. The summed E-state index contributed by atoms with van der Waals surface area (Å²) >= 11 is 0. The maximum absolute atomic E-state index is 13.7. The Bertz CT molecular complexity index is 1260. The second kappa shape index (κ2) is 11.5. The van der Waals surface area contributed by atoms with Crippen LogP contribution in [0.25, 0.3) is 0 Å². The van der Waals surface area contributed by atoms with Crippen molar-refractivity contribution in [2.75, 3.05) is 7.11 Å². The summed E-state index contributed by atoms with van der Waals surface area (Å²) in [6.07, 6.45) is 1.46. The maximum Gasteiger partial charge on any atom is 0.336 e. The summed E-state index contributed by atoms with van der Waals surface area (Å²) in [5, 5.41) is 17.2. The van der Waals surface area contributed by atoms with E-state index in [2.05, 4.69) is 10.6 Å². The van der Waals surface area contributed by atoms with E-state index in [4.69, 9.17) is 13.9 Å². The number of nitrogens with one attached hydrogen (secondary N) is 2. The number of esters is 2. The molecule has 2 heterocycles. The van der Waals surface area contributed by atoms with Gasteiger partial charge in [-0.25, -0.2) is 9.59 Å². The number of hydrogen-bond donors (Lipinski definition) is 2. The van der Waals surface area contributed by atoms with Crippen LogP contribution in [0.1, 0.15) is 44.9 Å². The molecule has 37 heavy (non-hydrogen) atoms. The third-order valence-corrected chi connectivity index (χ3v) is 5.97. The number of carbonyl (C=O) groups excluding carboxylic acids is 3. The molecular weight excluding hydrogens is 482 g/mol. The topological polar surface area (TPSA) is 150 Å². The molecule has 0 bridgehead atoms. The molecule has 1 aliphatic rings. The summed E-state index contributed by atoms with van der Waals surface area (Å²) in [5.74, 6) is -2.86. The zero-order valence-electron chi connectivity index (χ0n) is 21.2. The number of carbonyl (C=O) groups is 3. The van der Waals surface area contributed by atoms with Crippen molar-refractivity contribution >= 4 is 23.5 Å². The molecule has 0 spiro atoms. The average molecular weight is 512 g/mol. The molecule has 1 aliphatic heterocycles. The highest BCUT2D eigenvalue weighted by Crippen LogP contribution is 2.39. The van der Waals surface area contributed by atoms with Crippen LogP contribution in [0.5, 0.6) is 0 Å². The first kappa shape index (κ1) is 27.2. The molecule has 0 fully saturated rings. The fourth-order valence-corrected chi connectivity index (χ4v) is 4.17. The van der Waals surface area contributed by atoms with Crippen LogP contribution >= 0.6 is 0 Å². The summed E-state index contributed by atoms with van der Waals surface area (Å²) in [6, 6.07) is 8.01. The number of rotatable bonds is 9. The van der Waals surface area contributed by atoms with Gasteiger partial charge in [-0.2, -0.15) is 0 Å². The first-order valence-corrected chi connectivity index (χ1v) is 11.6. The lowest BCUT2D eigenvalue weighted by molar-refractivity contribution is -0.384. The molecule has 1 amide bonds. The van der Waals surface area contributed by atoms with Crippen molar-refractivity contribution in [3.8, 4) is 0 Å². The van der Waals surface area contributed by atoms with Crippen molar-refractivity contribution in [3.63, 3.8) is 0 Å². The second-order valence-corrected chi connectivity index (χ2v) is 8.86. The van der Waals surface area contributed by atoms with Gasteiger partial charge in [0.25, 0.3) is 11.6 Å². The predicted molar refractivity (Wildman–Crippen MR) is 132 cm³/mol. The summed E-state index contributed by atoms with van der Waals surface area (Å²) in [7, 11) is 1.21. The van der Waals surface area contributed by atoms with Crippen molar-refractivity contribution < 1.29 is 33.2 Å². The molecule has 1 aromatic heterocycles. The first-order chi connectivity index (χ1) is 17.5. The Balaban J connectivity index is 1.98. The van der Waals surface area contributed by atoms with E-state index in [9.17, 15) is 24.5 Å². The molecule has 2 N–H and O–H groups in total. The van der Waals surface area contributed by atoms with Gasteiger partial charge in [0, 0.05) is 29.1 Å². The maximum atomic E-state index is 13.7. The number of furan rings is 1. The third kappa shape index (κ3) is 6.05. The van der Waals surface area contributed by atoms with Crippen LogP contribution in [0.2, 0.25) is 0 Å². The van der Waals surface area contributed by atoms with E-state index in [1.165, 1.54) is 31.6 Å². The van der Waals surface area contributed by atoms with Gasteiger partial charge >= 0.3 is 11.9 Å². The Morgan fingerprint density at radius 2 is 1.84 bits per heavy atom. The number of amides is 1. The van der Waals surface area contributed by atoms with Crippen molar-refractivity contribution in [1.29, 1.82) is 0 Å². The number of nitro groups is 1. The van der Waals surface area contributed by atoms with Gasteiger partial charge in [-0.1, -0.05) is 26.0 Å². The van der Waals surface area contributed by atoms with E-state index >= 15 is 0 Å². The summed E-state index contributed by atoms with van der Waals surface area (Å²) in [4.78, 5) is 50.2. The Kier molecular flexibility index (Phi) is 8.49. The zero-order chi connectivity index (χ0) is 27.3. The Hall–Kier alpha value is -4.41. The highest BCUT2D eigenvalue weighted by atomic mass is 16.6. The Morgan fingerprint density at radius 3 is 2.43 bits per heavy atom. The lowest BCUT2D eigenvalue weighted by Gasteiger charge is -2.31. The number of non-ortho nitro benzene ring substituents is 1. The summed E-state index contributed by atoms with van der Waals surface area (Å²) in [5.41, 5.74) is 1.26. The largest absolute Gasteiger partial charge is 0.466 e. The van der Waals surface area contributed by atoms with Crippen LogP contribution in [0.15, 0.2) is 69.6 Å². The van der Waals surface area contributed by atoms with Gasteiger partial charge in [0.15, 0.2) is 0 Å². The molecule has 0 saturated carbocycles. The van der Waals surface area contributed by atoms with Crippen LogP contribution in [-0.2, 0) is 30.5 Å². The number of nitro benzene ring substituents is 1. The standard InChI is InChI=1S/C26H29N3O8/c1-14(2)23(26(32)37-13-19-10-7-11-36-19)28-24(30)20-15(3)27-16(4)21(25(31)35-5)22(20)17-8-6-9-18(12-17)29(33)34/h6-12,14,22-23,27H,13H2,1-5H3,(H,28,30)/t22-,23+/m1/s1. The van der Waals surface area contributed by atoms with Gasteiger partial charge in [-0.15, -0.1) is 0 Å². The fourth-order valence-electron chi connectivity index (χ4n) is 4.17. The van der Waals surface area contributed by atoms with Crippen molar-refractivity contribution in [1.82, 2.24) is 10.6 Å². The minimum absolute atomic E-state index is 0.0983. The van der Waals surface area contributed by atoms with Crippen molar-refractivity contribution in [2.45, 2.75) is 46.3 Å². The normalized spacial score (nSPS) is 16.2. The van der Waals surface area contributed by atoms with Gasteiger partial charge in [0.1, 0.15) is 18.4 Å². The fraction of sp³-hybridized carbons (Fsp3) is 0.346. The zero-order valence-corrected chi connectivity index (χ0v) is 21.2. The van der Waals surface area contributed by atoms with E-state index in [-0.39, 0.29) is 29.4 Å². The highest BCUT2D eigenvalue weighted by molar-refractivity contribution is 6.03. The molecule has 1 aromatic carbocycles. The highest BCUT2D eigenvalue weighted by Gasteiger charge is 2.39. The van der Waals surface area contributed by atoms with Crippen LogP contribution in [-0.4, -0.2) is 35.9 Å². The molecule has 0 aliphatic carbocycles. The van der Waals surface area contributed by atoms with Gasteiger partial charge in [0.05, 0.1) is 29.8 Å². The molecule has 11 heteroatoms. The molecule has 3 rings (SSSR count). The molecule has 0 saturated heterocycles. The van der Waals surface area contributed by atoms with E-state index in [0.29, 0.717) is 22.7 Å². The SMILES string of the molecule is COC(=O)C1=C(C)NC(C)=C(C(=O)N[C@H](C(=O)OCc2ccco2)C(C)C)[C@H]1c1cccc([N+](=O)[O-])c1. The summed E-state index contributed by atoms with van der Waals surface area (Å²) < 4.78 is 15.5. The van der Waals surface area contributed by atoms with Crippen molar-refractivity contribution in [3.05, 3.63) is 86.6 Å². The molecule has 2 atom stereocenters. The van der Waals surface area contributed by atoms with E-state index in [1.54, 1.807) is 45.9 Å².